The first-order valence-corrected chi connectivity index (χ1v) is 7.04. The second-order valence-electron chi connectivity index (χ2n) is 3.38. The number of allylic oxidation sites excluding steroid dienone is 12. The average Bonchev–Trinajstić information content (AvgIpc) is 2.88. The first-order chi connectivity index (χ1) is 8.97. The molecular weight excluding hydrogens is 216 g/mol. The van der Waals surface area contributed by atoms with Crippen LogP contribution in [0.3, 0.4) is 0 Å². The number of rotatable bonds is 1. The summed E-state index contributed by atoms with van der Waals surface area (Å²) in [6, 6.07) is 0. The predicted molar refractivity (Wildman–Crippen MR) is 84.7 cm³/mol. The van der Waals surface area contributed by atoms with Crippen molar-refractivity contribution in [2.75, 3.05) is 0 Å². The lowest BCUT2D eigenvalue weighted by atomic mass is 10.0. The highest BCUT2D eigenvalue weighted by Gasteiger charge is 1.98. The molecule has 0 spiro atoms. The van der Waals surface area contributed by atoms with Gasteiger partial charge in [0.15, 0.2) is 0 Å². The minimum atomic E-state index is 1.03. The van der Waals surface area contributed by atoms with Gasteiger partial charge in [0.25, 0.3) is 0 Å². The van der Waals surface area contributed by atoms with Crippen molar-refractivity contribution in [1.29, 1.82) is 0 Å². The molecule has 0 heteroatoms. The van der Waals surface area contributed by atoms with Crippen LogP contribution in [0, 0.1) is 0 Å². The molecule has 0 aliphatic heterocycles. The summed E-state index contributed by atoms with van der Waals surface area (Å²) in [6.45, 7) is 8.00. The van der Waals surface area contributed by atoms with Crippen molar-refractivity contribution in [2.24, 2.45) is 0 Å². The lowest BCUT2D eigenvalue weighted by Crippen LogP contribution is -1.81. The Labute approximate surface area is 113 Å². The van der Waals surface area contributed by atoms with E-state index in [1.807, 2.05) is 27.7 Å². The molecule has 0 nitrogen and oxygen atoms in total. The van der Waals surface area contributed by atoms with Gasteiger partial charge in [-0.1, -0.05) is 88.5 Å². The molecule has 2 aliphatic carbocycles. The summed E-state index contributed by atoms with van der Waals surface area (Å²) in [5, 5.41) is 0. The van der Waals surface area contributed by atoms with Crippen LogP contribution in [0.2, 0.25) is 0 Å². The fraction of sp³-hybridized carbons (Fsp3) is 0.333. The van der Waals surface area contributed by atoms with Crippen LogP contribution in [0.1, 0.15) is 40.5 Å². The molecule has 0 aromatic carbocycles. The zero-order valence-corrected chi connectivity index (χ0v) is 12.2. The van der Waals surface area contributed by atoms with Gasteiger partial charge in [-0.25, -0.2) is 0 Å². The Morgan fingerprint density at radius 1 is 0.611 bits per heavy atom. The van der Waals surface area contributed by atoms with Crippen LogP contribution in [0.5, 0.6) is 0 Å². The van der Waals surface area contributed by atoms with E-state index in [1.165, 1.54) is 11.1 Å². The first kappa shape index (κ1) is 16.4. The molecule has 18 heavy (non-hydrogen) atoms. The quantitative estimate of drug-likeness (QED) is 0.535. The fourth-order valence-corrected chi connectivity index (χ4v) is 1.54. The number of hydrogen-bond acceptors (Lipinski definition) is 0. The molecule has 0 aromatic rings. The van der Waals surface area contributed by atoms with Crippen molar-refractivity contribution < 1.29 is 0 Å². The Balaban J connectivity index is 0.000000659. The Morgan fingerprint density at radius 2 is 1.00 bits per heavy atom. The van der Waals surface area contributed by atoms with Gasteiger partial charge >= 0.3 is 0 Å². The second kappa shape index (κ2) is 11.9. The summed E-state index contributed by atoms with van der Waals surface area (Å²) >= 11 is 0. The summed E-state index contributed by atoms with van der Waals surface area (Å²) < 4.78 is 0. The molecule has 98 valence electrons. The molecule has 0 unspecified atom stereocenters. The monoisotopic (exact) mass is 242 g/mol. The van der Waals surface area contributed by atoms with Gasteiger partial charge in [0.1, 0.15) is 0 Å². The van der Waals surface area contributed by atoms with Gasteiger partial charge in [0.2, 0.25) is 0 Å². The van der Waals surface area contributed by atoms with Crippen molar-refractivity contribution in [2.45, 2.75) is 40.5 Å². The Kier molecular flexibility index (Phi) is 10.9. The van der Waals surface area contributed by atoms with E-state index in [-0.39, 0.29) is 0 Å². The van der Waals surface area contributed by atoms with Gasteiger partial charge in [-0.3, -0.25) is 0 Å². The highest BCUT2D eigenvalue weighted by molar-refractivity contribution is 5.51. The van der Waals surface area contributed by atoms with Crippen LogP contribution in [0.4, 0.5) is 0 Å². The average molecular weight is 242 g/mol. The topological polar surface area (TPSA) is 0 Å². The largest absolute Gasteiger partial charge is 0.0807 e. The summed E-state index contributed by atoms with van der Waals surface area (Å²) in [6.07, 6.45) is 23.7. The van der Waals surface area contributed by atoms with Crippen LogP contribution in [0.25, 0.3) is 0 Å². The van der Waals surface area contributed by atoms with E-state index >= 15 is 0 Å². The molecule has 0 bridgehead atoms. The molecule has 0 atom stereocenters. The van der Waals surface area contributed by atoms with Gasteiger partial charge in [0, 0.05) is 0 Å². The van der Waals surface area contributed by atoms with Crippen molar-refractivity contribution in [3.05, 3.63) is 71.9 Å². The molecule has 0 heterocycles. The van der Waals surface area contributed by atoms with Crippen molar-refractivity contribution >= 4 is 0 Å². The molecule has 0 saturated carbocycles. The van der Waals surface area contributed by atoms with Gasteiger partial charge in [-0.05, 0) is 24.0 Å². The van der Waals surface area contributed by atoms with Gasteiger partial charge in [-0.2, -0.15) is 0 Å². The standard InChI is InChI=1S/C14H14.2C2H6/c1-2-6-10-13(9-5-1)14-11-7-3-4-8-12-14;2*1-2/h1,3,5-12H,2,4H2;2*1-2H3. The van der Waals surface area contributed by atoms with E-state index < -0.39 is 0 Å². The van der Waals surface area contributed by atoms with Crippen molar-refractivity contribution in [3.63, 3.8) is 0 Å². The molecule has 0 N–H and O–H groups in total. The summed E-state index contributed by atoms with van der Waals surface area (Å²) in [7, 11) is 0. The maximum atomic E-state index is 2.19. The molecule has 2 rings (SSSR count). The highest BCUT2D eigenvalue weighted by Crippen LogP contribution is 2.18. The lowest BCUT2D eigenvalue weighted by Gasteiger charge is -2.00. The molecule has 0 aromatic heterocycles. The van der Waals surface area contributed by atoms with Crippen LogP contribution in [-0.2, 0) is 0 Å². The van der Waals surface area contributed by atoms with E-state index in [0.717, 1.165) is 12.8 Å². The van der Waals surface area contributed by atoms with Crippen molar-refractivity contribution in [1.82, 2.24) is 0 Å². The summed E-state index contributed by atoms with van der Waals surface area (Å²) in [4.78, 5) is 0. The molecule has 0 saturated heterocycles. The molecule has 0 amide bonds. The molecule has 2 aliphatic rings. The Hall–Kier alpha value is -1.56. The van der Waals surface area contributed by atoms with Crippen LogP contribution < -0.4 is 0 Å². The van der Waals surface area contributed by atoms with Crippen LogP contribution >= 0.6 is 0 Å². The molecule has 0 radical (unpaired) electrons. The SMILES string of the molecule is C1=CCC=CC(C2=CC=CCC=C2)=C1.CC.CC. The van der Waals surface area contributed by atoms with E-state index in [2.05, 4.69) is 60.8 Å². The van der Waals surface area contributed by atoms with Crippen LogP contribution in [0.15, 0.2) is 71.9 Å². The van der Waals surface area contributed by atoms with Gasteiger partial charge in [-0.15, -0.1) is 0 Å². The minimum absolute atomic E-state index is 1.03. The zero-order chi connectivity index (χ0) is 13.6. The van der Waals surface area contributed by atoms with E-state index in [4.69, 9.17) is 0 Å². The third-order valence-corrected chi connectivity index (χ3v) is 2.30. The lowest BCUT2D eigenvalue weighted by molar-refractivity contribution is 1.39. The van der Waals surface area contributed by atoms with Crippen LogP contribution in [-0.4, -0.2) is 0 Å². The summed E-state index contributed by atoms with van der Waals surface area (Å²) in [5.74, 6) is 0. The van der Waals surface area contributed by atoms with E-state index in [0.29, 0.717) is 0 Å². The third-order valence-electron chi connectivity index (χ3n) is 2.30. The smallest absolute Gasteiger partial charge is 0.0163 e. The zero-order valence-electron chi connectivity index (χ0n) is 12.2. The molecule has 0 fully saturated rings. The second-order valence-corrected chi connectivity index (χ2v) is 3.38. The fourth-order valence-electron chi connectivity index (χ4n) is 1.54. The third kappa shape index (κ3) is 6.24. The first-order valence-electron chi connectivity index (χ1n) is 7.04. The number of hydrogen-bond donors (Lipinski definition) is 0. The van der Waals surface area contributed by atoms with Gasteiger partial charge in [0.05, 0.1) is 0 Å². The Morgan fingerprint density at radius 3 is 1.39 bits per heavy atom. The predicted octanol–water partition coefficient (Wildman–Crippen LogP) is 5.92. The van der Waals surface area contributed by atoms with E-state index in [1.54, 1.807) is 0 Å². The van der Waals surface area contributed by atoms with Gasteiger partial charge < -0.3 is 0 Å². The van der Waals surface area contributed by atoms with Crippen molar-refractivity contribution in [3.8, 4) is 0 Å². The van der Waals surface area contributed by atoms with E-state index in [9.17, 15) is 0 Å². The normalized spacial score (nSPS) is 16.2. The molecular formula is C18H26. The summed E-state index contributed by atoms with van der Waals surface area (Å²) in [5.41, 5.74) is 2.59. The maximum absolute atomic E-state index is 2.19. The highest BCUT2D eigenvalue weighted by atomic mass is 14.0. The minimum Gasteiger partial charge on any atom is -0.0807 e. The Bertz CT molecular complexity index is 333. The maximum Gasteiger partial charge on any atom is -0.0163 e.